The first-order valence-corrected chi connectivity index (χ1v) is 11.0. The molecule has 1 N–H and O–H groups in total. The zero-order valence-corrected chi connectivity index (χ0v) is 18.1. The van der Waals surface area contributed by atoms with Gasteiger partial charge in [0.1, 0.15) is 5.82 Å². The third-order valence-corrected chi connectivity index (χ3v) is 6.19. The monoisotopic (exact) mass is 459 g/mol. The number of rotatable bonds is 6. The van der Waals surface area contributed by atoms with E-state index >= 15 is 0 Å². The van der Waals surface area contributed by atoms with Gasteiger partial charge in [0, 0.05) is 28.6 Å². The Balaban J connectivity index is 1.36. The van der Waals surface area contributed by atoms with Gasteiger partial charge in [0.25, 0.3) is 0 Å². The second-order valence-corrected chi connectivity index (χ2v) is 8.49. The highest BCUT2D eigenvalue weighted by molar-refractivity contribution is 7.99. The number of anilines is 1. The molecule has 2 aromatic carbocycles. The molecule has 4 aromatic rings. The SMILES string of the molecule is Cn1c(SCC(=O)Nc2nc(-c3ccc(F)cc3)cs2)nnc1-c1ccc(Cl)cc1. The van der Waals surface area contributed by atoms with E-state index in [0.29, 0.717) is 26.8 Å². The molecule has 0 fully saturated rings. The Hall–Kier alpha value is -2.75. The predicted molar refractivity (Wildman–Crippen MR) is 118 cm³/mol. The van der Waals surface area contributed by atoms with E-state index in [1.807, 2.05) is 29.1 Å². The van der Waals surface area contributed by atoms with Crippen LogP contribution in [0.25, 0.3) is 22.6 Å². The van der Waals surface area contributed by atoms with Crippen LogP contribution in [0, 0.1) is 5.82 Å². The van der Waals surface area contributed by atoms with Gasteiger partial charge in [-0.05, 0) is 48.5 Å². The molecular formula is C20H15ClFN5OS2. The first-order chi connectivity index (χ1) is 14.5. The first-order valence-electron chi connectivity index (χ1n) is 8.79. The molecule has 0 unspecified atom stereocenters. The minimum absolute atomic E-state index is 0.165. The number of thiazole rings is 1. The number of nitrogens with one attached hydrogen (secondary N) is 1. The van der Waals surface area contributed by atoms with Crippen LogP contribution in [0.1, 0.15) is 0 Å². The highest BCUT2D eigenvalue weighted by atomic mass is 35.5. The standard InChI is InChI=1S/C20H15ClFN5OS2/c1-27-18(13-2-6-14(21)7-3-13)25-26-20(27)30-11-17(28)24-19-23-16(10-29-19)12-4-8-15(22)9-5-12/h2-10H,11H2,1H3,(H,23,24,28). The first kappa shape index (κ1) is 20.5. The van der Waals surface area contributed by atoms with Crippen molar-refractivity contribution in [2.75, 3.05) is 11.1 Å². The predicted octanol–water partition coefficient (Wildman–Crippen LogP) is 5.13. The molecule has 0 aliphatic carbocycles. The number of amides is 1. The molecule has 0 atom stereocenters. The smallest absolute Gasteiger partial charge is 0.236 e. The summed E-state index contributed by atoms with van der Waals surface area (Å²) in [6, 6.07) is 13.4. The number of benzene rings is 2. The van der Waals surface area contributed by atoms with E-state index in [-0.39, 0.29) is 17.5 Å². The Bertz CT molecular complexity index is 1170. The summed E-state index contributed by atoms with van der Waals surface area (Å²) in [5.74, 6) is 0.356. The molecular weight excluding hydrogens is 445 g/mol. The fourth-order valence-corrected chi connectivity index (χ4v) is 4.23. The van der Waals surface area contributed by atoms with Crippen LogP contribution in [0.4, 0.5) is 9.52 Å². The Morgan fingerprint density at radius 1 is 1.13 bits per heavy atom. The van der Waals surface area contributed by atoms with E-state index in [9.17, 15) is 9.18 Å². The Labute approximate surface area is 185 Å². The van der Waals surface area contributed by atoms with E-state index in [1.165, 1.54) is 35.2 Å². The number of aromatic nitrogens is 4. The molecule has 0 aliphatic rings. The van der Waals surface area contributed by atoms with Crippen LogP contribution in [0.15, 0.2) is 59.1 Å². The maximum absolute atomic E-state index is 13.1. The van der Waals surface area contributed by atoms with Crippen molar-refractivity contribution < 1.29 is 9.18 Å². The number of thioether (sulfide) groups is 1. The lowest BCUT2D eigenvalue weighted by molar-refractivity contribution is -0.113. The highest BCUT2D eigenvalue weighted by Crippen LogP contribution is 2.26. The minimum atomic E-state index is -0.303. The molecule has 0 aliphatic heterocycles. The van der Waals surface area contributed by atoms with Crippen molar-refractivity contribution in [1.29, 1.82) is 0 Å². The van der Waals surface area contributed by atoms with E-state index in [0.717, 1.165) is 11.1 Å². The molecule has 6 nitrogen and oxygen atoms in total. The lowest BCUT2D eigenvalue weighted by Gasteiger charge is -2.04. The molecule has 4 rings (SSSR count). The molecule has 2 heterocycles. The summed E-state index contributed by atoms with van der Waals surface area (Å²) in [6.07, 6.45) is 0. The third kappa shape index (κ3) is 4.69. The van der Waals surface area contributed by atoms with Gasteiger partial charge in [-0.3, -0.25) is 4.79 Å². The highest BCUT2D eigenvalue weighted by Gasteiger charge is 2.14. The van der Waals surface area contributed by atoms with Crippen LogP contribution < -0.4 is 5.32 Å². The molecule has 0 spiro atoms. The summed E-state index contributed by atoms with van der Waals surface area (Å²) < 4.78 is 14.9. The van der Waals surface area contributed by atoms with Gasteiger partial charge >= 0.3 is 0 Å². The second-order valence-electron chi connectivity index (χ2n) is 6.25. The molecule has 0 radical (unpaired) electrons. The van der Waals surface area contributed by atoms with Crippen LogP contribution in [0.3, 0.4) is 0 Å². The van der Waals surface area contributed by atoms with Crippen molar-refractivity contribution >= 4 is 45.7 Å². The largest absolute Gasteiger partial charge is 0.305 e. The van der Waals surface area contributed by atoms with Crippen LogP contribution in [0.2, 0.25) is 5.02 Å². The lowest BCUT2D eigenvalue weighted by atomic mass is 10.2. The van der Waals surface area contributed by atoms with Crippen molar-refractivity contribution in [3.63, 3.8) is 0 Å². The van der Waals surface area contributed by atoms with E-state index in [4.69, 9.17) is 11.6 Å². The number of carbonyl (C=O) groups excluding carboxylic acids is 1. The molecule has 30 heavy (non-hydrogen) atoms. The zero-order valence-electron chi connectivity index (χ0n) is 15.7. The summed E-state index contributed by atoms with van der Waals surface area (Å²) in [5.41, 5.74) is 2.36. The van der Waals surface area contributed by atoms with E-state index in [1.54, 1.807) is 24.3 Å². The van der Waals surface area contributed by atoms with Gasteiger partial charge in [-0.1, -0.05) is 23.4 Å². The van der Waals surface area contributed by atoms with Crippen LogP contribution in [-0.4, -0.2) is 31.4 Å². The van der Waals surface area contributed by atoms with Crippen molar-refractivity contribution in [2.24, 2.45) is 7.05 Å². The van der Waals surface area contributed by atoms with Crippen molar-refractivity contribution in [3.05, 3.63) is 64.8 Å². The zero-order chi connectivity index (χ0) is 21.1. The van der Waals surface area contributed by atoms with E-state index in [2.05, 4.69) is 20.5 Å². The van der Waals surface area contributed by atoms with Gasteiger partial charge in [0.2, 0.25) is 5.91 Å². The van der Waals surface area contributed by atoms with Gasteiger partial charge in [-0.15, -0.1) is 21.5 Å². The van der Waals surface area contributed by atoms with Crippen molar-refractivity contribution in [3.8, 4) is 22.6 Å². The lowest BCUT2D eigenvalue weighted by Crippen LogP contribution is -2.14. The Morgan fingerprint density at radius 2 is 1.83 bits per heavy atom. The maximum Gasteiger partial charge on any atom is 0.236 e. The number of hydrogen-bond acceptors (Lipinski definition) is 6. The van der Waals surface area contributed by atoms with Crippen LogP contribution >= 0.6 is 34.7 Å². The van der Waals surface area contributed by atoms with Gasteiger partial charge in [-0.25, -0.2) is 9.37 Å². The molecule has 152 valence electrons. The molecule has 0 saturated heterocycles. The molecule has 10 heteroatoms. The van der Waals surface area contributed by atoms with E-state index < -0.39 is 0 Å². The quantitative estimate of drug-likeness (QED) is 0.405. The fourth-order valence-electron chi connectivity index (χ4n) is 2.66. The van der Waals surface area contributed by atoms with Crippen molar-refractivity contribution in [1.82, 2.24) is 19.7 Å². The Morgan fingerprint density at radius 3 is 2.57 bits per heavy atom. The fraction of sp³-hybridized carbons (Fsp3) is 0.100. The summed E-state index contributed by atoms with van der Waals surface area (Å²) in [5, 5.41) is 14.7. The average Bonchev–Trinajstić information content (AvgIpc) is 3.34. The summed E-state index contributed by atoms with van der Waals surface area (Å²) in [7, 11) is 1.85. The summed E-state index contributed by atoms with van der Waals surface area (Å²) >= 11 is 8.53. The number of nitrogens with zero attached hydrogens (tertiary/aromatic N) is 4. The second kappa shape index (κ2) is 8.95. The van der Waals surface area contributed by atoms with Crippen molar-refractivity contribution in [2.45, 2.75) is 5.16 Å². The van der Waals surface area contributed by atoms with Gasteiger partial charge in [0.05, 0.1) is 11.4 Å². The third-order valence-electron chi connectivity index (χ3n) is 4.16. The summed E-state index contributed by atoms with van der Waals surface area (Å²) in [6.45, 7) is 0. The van der Waals surface area contributed by atoms with Gasteiger partial charge in [-0.2, -0.15) is 0 Å². The normalized spacial score (nSPS) is 10.9. The number of hydrogen-bond donors (Lipinski definition) is 1. The summed E-state index contributed by atoms with van der Waals surface area (Å²) in [4.78, 5) is 16.7. The number of halogens is 2. The van der Waals surface area contributed by atoms with Crippen LogP contribution in [-0.2, 0) is 11.8 Å². The van der Waals surface area contributed by atoms with Gasteiger partial charge < -0.3 is 9.88 Å². The molecule has 0 bridgehead atoms. The van der Waals surface area contributed by atoms with Gasteiger partial charge in [0.15, 0.2) is 16.1 Å². The number of carbonyl (C=O) groups is 1. The molecule has 0 saturated carbocycles. The maximum atomic E-state index is 13.1. The van der Waals surface area contributed by atoms with Crippen LogP contribution in [0.5, 0.6) is 0 Å². The minimum Gasteiger partial charge on any atom is -0.305 e. The average molecular weight is 460 g/mol. The molecule has 1 amide bonds. The molecule has 2 aromatic heterocycles. The Kier molecular flexibility index (Phi) is 6.12. The topological polar surface area (TPSA) is 72.7 Å².